The summed E-state index contributed by atoms with van der Waals surface area (Å²) in [6.45, 7) is 3.04. The molecule has 5 nitrogen and oxygen atoms in total. The second-order valence-electron chi connectivity index (χ2n) is 5.72. The Morgan fingerprint density at radius 2 is 1.90 bits per heavy atom. The molecule has 2 amide bonds. The highest BCUT2D eigenvalue weighted by Gasteiger charge is 2.37. The summed E-state index contributed by atoms with van der Waals surface area (Å²) >= 11 is 0. The molecule has 0 spiro atoms. The van der Waals surface area contributed by atoms with Gasteiger partial charge in [-0.25, -0.2) is 0 Å². The third kappa shape index (κ3) is 3.82. The Hall–Kier alpha value is -1.88. The average molecular weight is 289 g/mol. The summed E-state index contributed by atoms with van der Waals surface area (Å²) in [4.78, 5) is 23.7. The summed E-state index contributed by atoms with van der Waals surface area (Å²) in [5, 5.41) is 5.61. The molecule has 0 saturated heterocycles. The Balaban J connectivity index is 1.91. The normalized spacial score (nSPS) is 15.9. The Kier molecular flexibility index (Phi) is 4.96. The van der Waals surface area contributed by atoms with Gasteiger partial charge in [-0.2, -0.15) is 0 Å². The van der Waals surface area contributed by atoms with Crippen molar-refractivity contribution in [3.05, 3.63) is 29.8 Å². The molecule has 0 bridgehead atoms. The van der Waals surface area contributed by atoms with Crippen LogP contribution in [0.4, 0.5) is 5.69 Å². The fourth-order valence-corrected chi connectivity index (χ4v) is 2.64. The van der Waals surface area contributed by atoms with E-state index in [2.05, 4.69) is 10.6 Å². The minimum atomic E-state index is -0.105. The van der Waals surface area contributed by atoms with Gasteiger partial charge in [0.25, 0.3) is 5.91 Å². The molecule has 1 aromatic carbocycles. The summed E-state index contributed by atoms with van der Waals surface area (Å²) in [5.74, 6) is -0.113. The number of nitrogens with one attached hydrogen (secondary N) is 2. The van der Waals surface area contributed by atoms with E-state index in [9.17, 15) is 9.59 Å². The van der Waals surface area contributed by atoms with Crippen LogP contribution in [-0.2, 0) is 4.79 Å². The van der Waals surface area contributed by atoms with Gasteiger partial charge in [0, 0.05) is 24.2 Å². The van der Waals surface area contributed by atoms with E-state index in [-0.39, 0.29) is 17.2 Å². The van der Waals surface area contributed by atoms with Crippen LogP contribution in [0.5, 0.6) is 0 Å². The molecule has 0 aromatic heterocycles. The molecule has 21 heavy (non-hydrogen) atoms. The first-order chi connectivity index (χ1) is 10.1. The summed E-state index contributed by atoms with van der Waals surface area (Å²) in [7, 11) is 0. The van der Waals surface area contributed by atoms with Crippen molar-refractivity contribution in [1.29, 1.82) is 0 Å². The van der Waals surface area contributed by atoms with E-state index in [1.807, 2.05) is 6.92 Å². The Labute approximate surface area is 125 Å². The zero-order valence-electron chi connectivity index (χ0n) is 12.4. The maximum atomic E-state index is 12.1. The van der Waals surface area contributed by atoms with Crippen LogP contribution in [0.15, 0.2) is 24.3 Å². The van der Waals surface area contributed by atoms with Gasteiger partial charge in [0.2, 0.25) is 5.91 Å². The van der Waals surface area contributed by atoms with E-state index in [0.29, 0.717) is 30.8 Å². The van der Waals surface area contributed by atoms with Crippen LogP contribution in [0.2, 0.25) is 0 Å². The lowest BCUT2D eigenvalue weighted by Crippen LogP contribution is -2.40. The quantitative estimate of drug-likeness (QED) is 0.747. The van der Waals surface area contributed by atoms with E-state index in [0.717, 1.165) is 19.3 Å². The number of rotatable bonds is 6. The lowest BCUT2D eigenvalue weighted by atomic mass is 9.66. The lowest BCUT2D eigenvalue weighted by Gasteiger charge is -2.40. The van der Waals surface area contributed by atoms with Gasteiger partial charge < -0.3 is 16.4 Å². The zero-order valence-corrected chi connectivity index (χ0v) is 12.4. The van der Waals surface area contributed by atoms with Crippen LogP contribution in [-0.4, -0.2) is 24.9 Å². The molecule has 0 heterocycles. The molecular weight excluding hydrogens is 266 g/mol. The first-order valence-corrected chi connectivity index (χ1v) is 7.47. The number of hydrogen-bond acceptors (Lipinski definition) is 3. The van der Waals surface area contributed by atoms with Crippen molar-refractivity contribution in [1.82, 2.24) is 5.32 Å². The van der Waals surface area contributed by atoms with Gasteiger partial charge in [0.15, 0.2) is 0 Å². The molecule has 1 fully saturated rings. The fourth-order valence-electron chi connectivity index (χ4n) is 2.64. The van der Waals surface area contributed by atoms with Crippen molar-refractivity contribution < 1.29 is 9.59 Å². The summed E-state index contributed by atoms with van der Waals surface area (Å²) < 4.78 is 0. The summed E-state index contributed by atoms with van der Waals surface area (Å²) in [6.07, 6.45) is 3.70. The Morgan fingerprint density at radius 1 is 1.24 bits per heavy atom. The van der Waals surface area contributed by atoms with Crippen LogP contribution in [0.1, 0.15) is 43.0 Å². The third-order valence-electron chi connectivity index (χ3n) is 4.15. The van der Waals surface area contributed by atoms with Gasteiger partial charge >= 0.3 is 0 Å². The van der Waals surface area contributed by atoms with E-state index in [1.165, 1.54) is 0 Å². The van der Waals surface area contributed by atoms with Crippen molar-refractivity contribution in [3.8, 4) is 0 Å². The second-order valence-corrected chi connectivity index (χ2v) is 5.72. The largest absolute Gasteiger partial charge is 0.352 e. The predicted octanol–water partition coefficient (Wildman–Crippen LogP) is 1.89. The molecule has 0 atom stereocenters. The Bertz CT molecular complexity index is 501. The van der Waals surface area contributed by atoms with Crippen LogP contribution < -0.4 is 16.4 Å². The molecule has 114 valence electrons. The molecule has 0 unspecified atom stereocenters. The molecular formula is C16H23N3O2. The summed E-state index contributed by atoms with van der Waals surface area (Å²) in [5.41, 5.74) is 7.07. The van der Waals surface area contributed by atoms with Gasteiger partial charge in [0.1, 0.15) is 0 Å². The first kappa shape index (κ1) is 15.5. The van der Waals surface area contributed by atoms with Gasteiger partial charge in [-0.1, -0.05) is 6.42 Å². The summed E-state index contributed by atoms with van der Waals surface area (Å²) in [6, 6.07) is 6.92. The molecule has 2 rings (SSSR count). The van der Waals surface area contributed by atoms with Crippen molar-refractivity contribution in [2.24, 2.45) is 11.1 Å². The predicted molar refractivity (Wildman–Crippen MR) is 83.0 cm³/mol. The van der Waals surface area contributed by atoms with Crippen LogP contribution in [0, 0.1) is 5.41 Å². The highest BCUT2D eigenvalue weighted by Crippen LogP contribution is 2.43. The average Bonchev–Trinajstić information content (AvgIpc) is 2.44. The fraction of sp³-hybridized carbons (Fsp3) is 0.500. The Morgan fingerprint density at radius 3 is 2.38 bits per heavy atom. The number of hydrogen-bond donors (Lipinski definition) is 3. The van der Waals surface area contributed by atoms with Gasteiger partial charge in [-0.05, 0) is 56.0 Å². The molecule has 0 aliphatic heterocycles. The highest BCUT2D eigenvalue weighted by atomic mass is 16.2. The number of amides is 2. The number of carbonyl (C=O) groups is 2. The van der Waals surface area contributed by atoms with E-state index in [4.69, 9.17) is 5.73 Å². The zero-order chi connectivity index (χ0) is 15.3. The van der Waals surface area contributed by atoms with Crippen LogP contribution in [0.3, 0.4) is 0 Å². The maximum Gasteiger partial charge on any atom is 0.251 e. The van der Waals surface area contributed by atoms with E-state index in [1.54, 1.807) is 24.3 Å². The topological polar surface area (TPSA) is 84.2 Å². The molecule has 4 N–H and O–H groups in total. The lowest BCUT2D eigenvalue weighted by molar-refractivity contribution is -0.119. The third-order valence-corrected chi connectivity index (χ3v) is 4.15. The number of nitrogens with two attached hydrogens (primary N) is 1. The highest BCUT2D eigenvalue weighted by molar-refractivity contribution is 5.95. The SMILES string of the molecule is CCNC(=O)c1ccc(NC(=O)CC2(CN)CCC2)cc1. The van der Waals surface area contributed by atoms with Gasteiger partial charge in [-0.3, -0.25) is 9.59 Å². The van der Waals surface area contributed by atoms with Crippen molar-refractivity contribution in [3.63, 3.8) is 0 Å². The van der Waals surface area contributed by atoms with Crippen LogP contribution in [0.25, 0.3) is 0 Å². The standard InChI is InChI=1S/C16H23N3O2/c1-2-18-15(21)12-4-6-13(7-5-12)19-14(20)10-16(11-17)8-3-9-16/h4-7H,2-3,8-11,17H2,1H3,(H,18,21)(H,19,20). The molecule has 0 radical (unpaired) electrons. The molecule has 5 heteroatoms. The first-order valence-electron chi connectivity index (χ1n) is 7.47. The second kappa shape index (κ2) is 6.72. The molecule has 1 aliphatic rings. The van der Waals surface area contributed by atoms with Gasteiger partial charge in [0.05, 0.1) is 0 Å². The van der Waals surface area contributed by atoms with Crippen molar-refractivity contribution in [2.45, 2.75) is 32.6 Å². The van der Waals surface area contributed by atoms with E-state index >= 15 is 0 Å². The smallest absolute Gasteiger partial charge is 0.251 e. The minimum Gasteiger partial charge on any atom is -0.352 e. The van der Waals surface area contributed by atoms with E-state index < -0.39 is 0 Å². The van der Waals surface area contributed by atoms with Crippen LogP contribution >= 0.6 is 0 Å². The molecule has 1 aliphatic carbocycles. The minimum absolute atomic E-state index is 0.00500. The number of anilines is 1. The molecule has 1 aromatic rings. The maximum absolute atomic E-state index is 12.1. The number of carbonyl (C=O) groups excluding carboxylic acids is 2. The molecule has 1 saturated carbocycles. The monoisotopic (exact) mass is 289 g/mol. The number of benzene rings is 1. The van der Waals surface area contributed by atoms with Gasteiger partial charge in [-0.15, -0.1) is 0 Å². The van der Waals surface area contributed by atoms with Crippen molar-refractivity contribution >= 4 is 17.5 Å². The van der Waals surface area contributed by atoms with Crippen molar-refractivity contribution in [2.75, 3.05) is 18.4 Å².